The molecule has 86 valence electrons. The molecule has 2 nitrogen and oxygen atoms in total. The molecule has 0 aromatic heterocycles. The van der Waals surface area contributed by atoms with Crippen molar-refractivity contribution in [2.24, 2.45) is 23.7 Å². The SMILES string of the molecule is O=C1O[C@H](c2ccccc2)[C@H]2[C@@H]1[C@H]1C=C[C@@H]2C1. The molecule has 0 amide bonds. The van der Waals surface area contributed by atoms with E-state index in [0.717, 1.165) is 12.0 Å². The third kappa shape index (κ3) is 1.18. The lowest BCUT2D eigenvalue weighted by Crippen LogP contribution is -2.21. The molecule has 1 saturated carbocycles. The summed E-state index contributed by atoms with van der Waals surface area (Å²) in [5, 5.41) is 0. The fraction of sp³-hybridized carbons (Fsp3) is 0.400. The van der Waals surface area contributed by atoms with Gasteiger partial charge in [-0.15, -0.1) is 0 Å². The summed E-state index contributed by atoms with van der Waals surface area (Å²) >= 11 is 0. The second-order valence-corrected chi connectivity index (χ2v) is 5.32. The topological polar surface area (TPSA) is 26.3 Å². The molecule has 5 atom stereocenters. The van der Waals surface area contributed by atoms with Crippen molar-refractivity contribution in [2.45, 2.75) is 12.5 Å². The predicted octanol–water partition coefficient (Wildman–Crippen LogP) is 2.72. The van der Waals surface area contributed by atoms with Crippen LogP contribution >= 0.6 is 0 Å². The summed E-state index contributed by atoms with van der Waals surface area (Å²) in [5.41, 5.74) is 1.15. The predicted molar refractivity (Wildman–Crippen MR) is 63.0 cm³/mol. The van der Waals surface area contributed by atoms with Crippen LogP contribution in [-0.4, -0.2) is 5.97 Å². The molecule has 17 heavy (non-hydrogen) atoms. The molecule has 2 heteroatoms. The highest BCUT2D eigenvalue weighted by Crippen LogP contribution is 2.57. The summed E-state index contributed by atoms with van der Waals surface area (Å²) in [4.78, 5) is 12.0. The number of hydrogen-bond donors (Lipinski definition) is 0. The average Bonchev–Trinajstić information content (AvgIpc) is 3.03. The first-order chi connectivity index (χ1) is 8.34. The van der Waals surface area contributed by atoms with Gasteiger partial charge in [0.25, 0.3) is 0 Å². The van der Waals surface area contributed by atoms with Crippen LogP contribution in [-0.2, 0) is 9.53 Å². The lowest BCUT2D eigenvalue weighted by Gasteiger charge is -2.22. The summed E-state index contributed by atoms with van der Waals surface area (Å²) in [7, 11) is 0. The fourth-order valence-electron chi connectivity index (χ4n) is 3.82. The number of carbonyl (C=O) groups is 1. The van der Waals surface area contributed by atoms with Gasteiger partial charge in [0.1, 0.15) is 6.10 Å². The Morgan fingerprint density at radius 1 is 1.06 bits per heavy atom. The molecule has 1 heterocycles. The first-order valence-corrected chi connectivity index (χ1v) is 6.28. The normalized spacial score (nSPS) is 41.6. The molecule has 2 bridgehead atoms. The maximum Gasteiger partial charge on any atom is 0.310 e. The Morgan fingerprint density at radius 3 is 2.65 bits per heavy atom. The molecular formula is C15H14O2. The van der Waals surface area contributed by atoms with Gasteiger partial charge in [-0.3, -0.25) is 4.79 Å². The molecule has 0 spiro atoms. The fourth-order valence-corrected chi connectivity index (χ4v) is 3.82. The van der Waals surface area contributed by atoms with Crippen LogP contribution in [0.2, 0.25) is 0 Å². The van der Waals surface area contributed by atoms with E-state index in [4.69, 9.17) is 4.74 Å². The van der Waals surface area contributed by atoms with E-state index in [2.05, 4.69) is 24.3 Å². The Balaban J connectivity index is 1.75. The lowest BCUT2D eigenvalue weighted by molar-refractivity contribution is -0.145. The highest BCUT2D eigenvalue weighted by molar-refractivity contribution is 5.77. The second kappa shape index (κ2) is 3.22. The largest absolute Gasteiger partial charge is 0.457 e. The maximum absolute atomic E-state index is 12.0. The summed E-state index contributed by atoms with van der Waals surface area (Å²) in [5.74, 6) is 1.49. The van der Waals surface area contributed by atoms with Gasteiger partial charge in [0.15, 0.2) is 0 Å². The Hall–Kier alpha value is -1.57. The van der Waals surface area contributed by atoms with Crippen molar-refractivity contribution >= 4 is 5.97 Å². The molecule has 1 saturated heterocycles. The second-order valence-electron chi connectivity index (χ2n) is 5.32. The van der Waals surface area contributed by atoms with E-state index in [1.54, 1.807) is 0 Å². The van der Waals surface area contributed by atoms with Crippen molar-refractivity contribution in [1.29, 1.82) is 0 Å². The summed E-state index contributed by atoms with van der Waals surface area (Å²) in [6.07, 6.45) is 5.62. The van der Waals surface area contributed by atoms with Crippen LogP contribution in [0.15, 0.2) is 42.5 Å². The molecule has 1 aliphatic heterocycles. The Morgan fingerprint density at radius 2 is 1.82 bits per heavy atom. The Labute approximate surface area is 100 Å². The first-order valence-electron chi connectivity index (χ1n) is 6.28. The number of fused-ring (bicyclic) bond motifs is 5. The van der Waals surface area contributed by atoms with Crippen LogP contribution in [0, 0.1) is 23.7 Å². The van der Waals surface area contributed by atoms with Gasteiger partial charge < -0.3 is 4.74 Å². The molecule has 1 aromatic rings. The third-order valence-corrected chi connectivity index (χ3v) is 4.51. The minimum Gasteiger partial charge on any atom is -0.457 e. The molecule has 0 unspecified atom stereocenters. The van der Waals surface area contributed by atoms with E-state index >= 15 is 0 Å². The smallest absolute Gasteiger partial charge is 0.310 e. The number of carbonyl (C=O) groups excluding carboxylic acids is 1. The standard InChI is InChI=1S/C15H14O2/c16-15-13-11-7-6-10(8-11)12(13)14(17-15)9-4-2-1-3-5-9/h1-7,10-14H,8H2/t10-,11+,12-,13+,14-/m1/s1. The van der Waals surface area contributed by atoms with Gasteiger partial charge in [-0.05, 0) is 23.8 Å². The van der Waals surface area contributed by atoms with E-state index in [1.807, 2.05) is 18.2 Å². The number of esters is 1. The van der Waals surface area contributed by atoms with E-state index < -0.39 is 0 Å². The van der Waals surface area contributed by atoms with E-state index in [1.165, 1.54) is 0 Å². The maximum atomic E-state index is 12.0. The summed E-state index contributed by atoms with van der Waals surface area (Å²) in [6, 6.07) is 10.2. The minimum atomic E-state index is -0.0198. The molecule has 2 aliphatic carbocycles. The summed E-state index contributed by atoms with van der Waals surface area (Å²) in [6.45, 7) is 0. The average molecular weight is 226 g/mol. The van der Waals surface area contributed by atoms with Gasteiger partial charge in [-0.1, -0.05) is 42.5 Å². The van der Waals surface area contributed by atoms with Crippen molar-refractivity contribution in [1.82, 2.24) is 0 Å². The van der Waals surface area contributed by atoms with Gasteiger partial charge in [0, 0.05) is 5.92 Å². The monoisotopic (exact) mass is 226 g/mol. The third-order valence-electron chi connectivity index (χ3n) is 4.51. The van der Waals surface area contributed by atoms with Gasteiger partial charge >= 0.3 is 5.97 Å². The molecule has 0 radical (unpaired) electrons. The summed E-state index contributed by atoms with van der Waals surface area (Å²) < 4.78 is 5.62. The zero-order chi connectivity index (χ0) is 11.4. The highest BCUT2D eigenvalue weighted by atomic mass is 16.6. The highest BCUT2D eigenvalue weighted by Gasteiger charge is 2.57. The van der Waals surface area contributed by atoms with Crippen LogP contribution < -0.4 is 0 Å². The van der Waals surface area contributed by atoms with Crippen LogP contribution in [0.4, 0.5) is 0 Å². The molecule has 2 fully saturated rings. The van der Waals surface area contributed by atoms with Crippen LogP contribution in [0.25, 0.3) is 0 Å². The van der Waals surface area contributed by atoms with Gasteiger partial charge in [-0.2, -0.15) is 0 Å². The molecule has 4 rings (SSSR count). The van der Waals surface area contributed by atoms with Crippen molar-refractivity contribution in [2.75, 3.05) is 0 Å². The first kappa shape index (κ1) is 9.46. The van der Waals surface area contributed by atoms with Crippen molar-refractivity contribution in [3.63, 3.8) is 0 Å². The number of ether oxygens (including phenoxy) is 1. The van der Waals surface area contributed by atoms with E-state index in [0.29, 0.717) is 17.8 Å². The number of allylic oxidation sites excluding steroid dienone is 2. The van der Waals surface area contributed by atoms with Crippen LogP contribution in [0.3, 0.4) is 0 Å². The molecule has 3 aliphatic rings. The Bertz CT molecular complexity index is 491. The Kier molecular flexibility index (Phi) is 1.79. The molecule has 0 N–H and O–H groups in total. The van der Waals surface area contributed by atoms with Gasteiger partial charge in [0.05, 0.1) is 5.92 Å². The number of hydrogen-bond acceptors (Lipinski definition) is 2. The number of benzene rings is 1. The van der Waals surface area contributed by atoms with Crippen LogP contribution in [0.5, 0.6) is 0 Å². The molecule has 1 aromatic carbocycles. The number of cyclic esters (lactones) is 1. The zero-order valence-corrected chi connectivity index (χ0v) is 9.45. The molecular weight excluding hydrogens is 212 g/mol. The van der Waals surface area contributed by atoms with Gasteiger partial charge in [0.2, 0.25) is 0 Å². The van der Waals surface area contributed by atoms with Crippen molar-refractivity contribution in [3.05, 3.63) is 48.0 Å². The van der Waals surface area contributed by atoms with E-state index in [9.17, 15) is 4.79 Å². The lowest BCUT2D eigenvalue weighted by atomic mass is 9.80. The van der Waals surface area contributed by atoms with Crippen LogP contribution in [0.1, 0.15) is 18.1 Å². The minimum absolute atomic E-state index is 0.0145. The van der Waals surface area contributed by atoms with E-state index in [-0.39, 0.29) is 18.0 Å². The van der Waals surface area contributed by atoms with Crippen molar-refractivity contribution in [3.8, 4) is 0 Å². The van der Waals surface area contributed by atoms with Gasteiger partial charge in [-0.25, -0.2) is 0 Å². The zero-order valence-electron chi connectivity index (χ0n) is 9.45. The number of rotatable bonds is 1. The van der Waals surface area contributed by atoms with Crippen molar-refractivity contribution < 1.29 is 9.53 Å². The quantitative estimate of drug-likeness (QED) is 0.543.